The second-order valence-corrected chi connectivity index (χ2v) is 7.23. The van der Waals surface area contributed by atoms with E-state index in [1.807, 2.05) is 13.8 Å². The van der Waals surface area contributed by atoms with Gasteiger partial charge in [0.1, 0.15) is 16.2 Å². The van der Waals surface area contributed by atoms with Crippen LogP contribution in [0.2, 0.25) is 0 Å². The maximum atomic E-state index is 12.3. The summed E-state index contributed by atoms with van der Waals surface area (Å²) >= 11 is 0. The van der Waals surface area contributed by atoms with Crippen molar-refractivity contribution in [2.75, 3.05) is 0 Å². The summed E-state index contributed by atoms with van der Waals surface area (Å²) in [5.41, 5.74) is 0.667. The highest BCUT2D eigenvalue weighted by Crippen LogP contribution is 2.28. The molecule has 0 amide bonds. The van der Waals surface area contributed by atoms with E-state index in [-0.39, 0.29) is 16.6 Å². The van der Waals surface area contributed by atoms with Crippen LogP contribution in [0.5, 0.6) is 5.75 Å². The molecule has 0 spiro atoms. The summed E-state index contributed by atoms with van der Waals surface area (Å²) in [4.78, 5) is 11.8. The van der Waals surface area contributed by atoms with E-state index in [1.54, 1.807) is 30.3 Å². The van der Waals surface area contributed by atoms with E-state index in [2.05, 4.69) is 0 Å². The van der Waals surface area contributed by atoms with Crippen molar-refractivity contribution >= 4 is 21.1 Å². The van der Waals surface area contributed by atoms with E-state index < -0.39 is 15.7 Å². The number of benzene rings is 2. The lowest BCUT2D eigenvalue weighted by Gasteiger charge is -2.10. The average molecular weight is 344 g/mol. The minimum absolute atomic E-state index is 0.0579. The Morgan fingerprint density at radius 3 is 2.38 bits per heavy atom. The third-order valence-electron chi connectivity index (χ3n) is 3.61. The second-order valence-electron chi connectivity index (χ2n) is 5.68. The molecular weight excluding hydrogens is 328 g/mol. The van der Waals surface area contributed by atoms with Crippen molar-refractivity contribution in [3.8, 4) is 5.75 Å². The zero-order valence-electron chi connectivity index (χ0n) is 13.2. The van der Waals surface area contributed by atoms with E-state index in [0.717, 1.165) is 10.9 Å². The third-order valence-corrected chi connectivity index (χ3v) is 4.87. The Morgan fingerprint density at radius 2 is 1.71 bits per heavy atom. The molecule has 0 N–H and O–H groups in total. The largest absolute Gasteiger partial charge is 0.423 e. The van der Waals surface area contributed by atoms with Gasteiger partial charge in [0.05, 0.1) is 0 Å². The van der Waals surface area contributed by atoms with Crippen LogP contribution in [0, 0.1) is 0 Å². The maximum Gasteiger partial charge on any atom is 0.339 e. The van der Waals surface area contributed by atoms with E-state index in [0.29, 0.717) is 5.58 Å². The molecule has 3 rings (SSSR count). The van der Waals surface area contributed by atoms with Crippen molar-refractivity contribution in [1.29, 1.82) is 0 Å². The topological polar surface area (TPSA) is 73.6 Å². The lowest BCUT2D eigenvalue weighted by atomic mass is 10.00. The van der Waals surface area contributed by atoms with E-state index in [9.17, 15) is 13.2 Å². The Hall–Kier alpha value is -2.60. The first-order chi connectivity index (χ1) is 11.4. The molecule has 6 heteroatoms. The summed E-state index contributed by atoms with van der Waals surface area (Å²) in [5.74, 6) is 0.229. The lowest BCUT2D eigenvalue weighted by molar-refractivity contribution is 0.485. The van der Waals surface area contributed by atoms with Gasteiger partial charge in [-0.15, -0.1) is 0 Å². The fourth-order valence-electron chi connectivity index (χ4n) is 2.46. The highest BCUT2D eigenvalue weighted by molar-refractivity contribution is 7.87. The van der Waals surface area contributed by atoms with Crippen molar-refractivity contribution in [3.05, 3.63) is 70.6 Å². The number of hydrogen-bond donors (Lipinski definition) is 0. The van der Waals surface area contributed by atoms with Crippen LogP contribution in [0.4, 0.5) is 0 Å². The maximum absolute atomic E-state index is 12.3. The van der Waals surface area contributed by atoms with Gasteiger partial charge in [-0.1, -0.05) is 32.0 Å². The van der Waals surface area contributed by atoms with Gasteiger partial charge in [0.2, 0.25) is 0 Å². The van der Waals surface area contributed by atoms with Gasteiger partial charge < -0.3 is 8.60 Å². The van der Waals surface area contributed by atoms with Crippen LogP contribution in [0.1, 0.15) is 25.3 Å². The van der Waals surface area contributed by atoms with Crippen LogP contribution in [0.3, 0.4) is 0 Å². The van der Waals surface area contributed by atoms with E-state index >= 15 is 0 Å². The number of rotatable bonds is 4. The third kappa shape index (κ3) is 3.19. The summed E-state index contributed by atoms with van der Waals surface area (Å²) in [6.07, 6.45) is 0. The first-order valence-corrected chi connectivity index (χ1v) is 8.85. The predicted molar refractivity (Wildman–Crippen MR) is 90.8 cm³/mol. The van der Waals surface area contributed by atoms with Crippen LogP contribution >= 0.6 is 0 Å². The van der Waals surface area contributed by atoms with Gasteiger partial charge in [0, 0.05) is 17.5 Å². The summed E-state index contributed by atoms with van der Waals surface area (Å²) in [6.45, 7) is 3.94. The van der Waals surface area contributed by atoms with Gasteiger partial charge >= 0.3 is 15.7 Å². The molecule has 0 aliphatic heterocycles. The van der Waals surface area contributed by atoms with Crippen LogP contribution < -0.4 is 9.81 Å². The van der Waals surface area contributed by atoms with Crippen LogP contribution in [-0.2, 0) is 10.1 Å². The zero-order valence-corrected chi connectivity index (χ0v) is 14.0. The summed E-state index contributed by atoms with van der Waals surface area (Å²) < 4.78 is 34.9. The fourth-order valence-corrected chi connectivity index (χ4v) is 3.40. The SMILES string of the molecule is CC(C)c1cc(=O)oc2cc(OS(=O)(=O)c3ccccc3)ccc12. The number of hydrogen-bond acceptors (Lipinski definition) is 5. The van der Waals surface area contributed by atoms with Gasteiger partial charge in [0.25, 0.3) is 0 Å². The Kier molecular flexibility index (Phi) is 4.15. The first-order valence-electron chi connectivity index (χ1n) is 7.44. The molecule has 0 radical (unpaired) electrons. The molecule has 2 aromatic carbocycles. The monoisotopic (exact) mass is 344 g/mol. The average Bonchev–Trinajstić information content (AvgIpc) is 2.54. The summed E-state index contributed by atoms with van der Waals surface area (Å²) in [6, 6.07) is 14.0. The highest BCUT2D eigenvalue weighted by atomic mass is 32.2. The Morgan fingerprint density at radius 1 is 1.00 bits per heavy atom. The summed E-state index contributed by atoms with van der Waals surface area (Å²) in [5, 5.41) is 0.758. The van der Waals surface area contributed by atoms with Crippen molar-refractivity contribution < 1.29 is 17.0 Å². The summed E-state index contributed by atoms with van der Waals surface area (Å²) in [7, 11) is -3.94. The standard InChI is InChI=1S/C18H16O5S/c1-12(2)16-11-18(19)22-17-10-13(8-9-15(16)17)23-24(20,21)14-6-4-3-5-7-14/h3-12H,1-2H3. The van der Waals surface area contributed by atoms with Crippen LogP contribution in [-0.4, -0.2) is 8.42 Å². The predicted octanol–water partition coefficient (Wildman–Crippen LogP) is 3.68. The lowest BCUT2D eigenvalue weighted by Crippen LogP contribution is -2.09. The van der Waals surface area contributed by atoms with Gasteiger partial charge in [-0.3, -0.25) is 0 Å². The van der Waals surface area contributed by atoms with E-state index in [4.69, 9.17) is 8.60 Å². The van der Waals surface area contributed by atoms with Gasteiger partial charge in [0.15, 0.2) is 0 Å². The molecular formula is C18H16O5S. The van der Waals surface area contributed by atoms with Crippen LogP contribution in [0.15, 0.2) is 68.7 Å². The Labute approximate surface area is 139 Å². The molecule has 1 aromatic heterocycles. The minimum atomic E-state index is -3.94. The second kappa shape index (κ2) is 6.13. The first kappa shape index (κ1) is 16.3. The van der Waals surface area contributed by atoms with E-state index in [1.165, 1.54) is 24.3 Å². The van der Waals surface area contributed by atoms with Gasteiger partial charge in [-0.25, -0.2) is 4.79 Å². The fraction of sp³-hybridized carbons (Fsp3) is 0.167. The van der Waals surface area contributed by atoms with Gasteiger partial charge in [-0.05, 0) is 35.7 Å². The Balaban J connectivity index is 2.05. The zero-order chi connectivity index (χ0) is 17.3. The van der Waals surface area contributed by atoms with Crippen molar-refractivity contribution in [1.82, 2.24) is 0 Å². The molecule has 0 aliphatic carbocycles. The molecule has 1 heterocycles. The molecule has 0 saturated heterocycles. The quantitative estimate of drug-likeness (QED) is 0.533. The molecule has 0 bridgehead atoms. The smallest absolute Gasteiger partial charge is 0.339 e. The molecule has 124 valence electrons. The van der Waals surface area contributed by atoms with Crippen molar-refractivity contribution in [2.24, 2.45) is 0 Å². The van der Waals surface area contributed by atoms with Crippen molar-refractivity contribution in [3.63, 3.8) is 0 Å². The van der Waals surface area contributed by atoms with Crippen LogP contribution in [0.25, 0.3) is 11.0 Å². The normalized spacial score (nSPS) is 11.8. The molecule has 0 saturated carbocycles. The Bertz CT molecular complexity index is 1030. The highest BCUT2D eigenvalue weighted by Gasteiger charge is 2.17. The molecule has 24 heavy (non-hydrogen) atoms. The minimum Gasteiger partial charge on any atom is -0.423 e. The number of fused-ring (bicyclic) bond motifs is 1. The van der Waals surface area contributed by atoms with Crippen molar-refractivity contribution in [2.45, 2.75) is 24.7 Å². The van der Waals surface area contributed by atoms with Gasteiger partial charge in [-0.2, -0.15) is 8.42 Å². The molecule has 0 fully saturated rings. The molecule has 0 aliphatic rings. The molecule has 5 nitrogen and oxygen atoms in total. The molecule has 0 atom stereocenters. The molecule has 0 unspecified atom stereocenters. The molecule has 3 aromatic rings.